The molecule has 0 atom stereocenters. The second-order valence-corrected chi connectivity index (χ2v) is 3.03. The number of H-pyrrole nitrogens is 1. The zero-order valence-electron chi connectivity index (χ0n) is 7.77. The van der Waals surface area contributed by atoms with Crippen LogP contribution in [0.3, 0.4) is 0 Å². The summed E-state index contributed by atoms with van der Waals surface area (Å²) in [5.74, 6) is -1.04. The molecule has 0 saturated carbocycles. The first-order chi connectivity index (χ1) is 7.18. The number of aromatic amines is 1. The van der Waals surface area contributed by atoms with Crippen LogP contribution in [0.5, 0.6) is 0 Å². The summed E-state index contributed by atoms with van der Waals surface area (Å²) in [5, 5.41) is 8.76. The van der Waals surface area contributed by atoms with Crippen molar-refractivity contribution in [3.8, 4) is 11.4 Å². The maximum absolute atomic E-state index is 10.7. The molecule has 4 N–H and O–H groups in total. The summed E-state index contributed by atoms with van der Waals surface area (Å²) in [5.41, 5.74) is 7.28. The standard InChI is InChI=1S/C10H9N3O2/c11-6-5-8(10(14)15)13-9(6)7-3-1-2-4-12-7/h1-5,13H,11H2,(H,14,15). The number of nitrogens with one attached hydrogen (secondary N) is 1. The molecule has 2 aromatic rings. The molecule has 0 aliphatic heterocycles. The van der Waals surface area contributed by atoms with Gasteiger partial charge in [0, 0.05) is 6.20 Å². The summed E-state index contributed by atoms with van der Waals surface area (Å²) in [6, 6.07) is 6.73. The average molecular weight is 203 g/mol. The van der Waals surface area contributed by atoms with Gasteiger partial charge < -0.3 is 15.8 Å². The second-order valence-electron chi connectivity index (χ2n) is 3.03. The molecule has 0 spiro atoms. The van der Waals surface area contributed by atoms with Crippen LogP contribution < -0.4 is 5.73 Å². The third kappa shape index (κ3) is 1.67. The first-order valence-electron chi connectivity index (χ1n) is 4.31. The van der Waals surface area contributed by atoms with E-state index in [1.54, 1.807) is 18.3 Å². The van der Waals surface area contributed by atoms with Crippen LogP contribution in [0.15, 0.2) is 30.5 Å². The van der Waals surface area contributed by atoms with Crippen LogP contribution in [-0.4, -0.2) is 21.0 Å². The highest BCUT2D eigenvalue weighted by Gasteiger charge is 2.12. The van der Waals surface area contributed by atoms with E-state index in [2.05, 4.69) is 9.97 Å². The number of carboxylic acids is 1. The Labute approximate surface area is 85.6 Å². The molecule has 0 aliphatic carbocycles. The van der Waals surface area contributed by atoms with Crippen molar-refractivity contribution >= 4 is 11.7 Å². The maximum atomic E-state index is 10.7. The summed E-state index contributed by atoms with van der Waals surface area (Å²) in [4.78, 5) is 17.5. The lowest BCUT2D eigenvalue weighted by Crippen LogP contribution is -1.95. The molecule has 0 radical (unpaired) electrons. The molecular formula is C10H9N3O2. The summed E-state index contributed by atoms with van der Waals surface area (Å²) in [6.45, 7) is 0. The molecule has 5 nitrogen and oxygen atoms in total. The average Bonchev–Trinajstić information content (AvgIpc) is 2.62. The van der Waals surface area contributed by atoms with E-state index in [4.69, 9.17) is 10.8 Å². The van der Waals surface area contributed by atoms with Crippen LogP contribution in [-0.2, 0) is 0 Å². The minimum atomic E-state index is -1.04. The van der Waals surface area contributed by atoms with Crippen molar-refractivity contribution in [3.05, 3.63) is 36.2 Å². The first-order valence-corrected chi connectivity index (χ1v) is 4.31. The van der Waals surface area contributed by atoms with E-state index >= 15 is 0 Å². The Morgan fingerprint density at radius 2 is 2.27 bits per heavy atom. The van der Waals surface area contributed by atoms with Gasteiger partial charge in [-0.2, -0.15) is 0 Å². The lowest BCUT2D eigenvalue weighted by atomic mass is 10.2. The van der Waals surface area contributed by atoms with Crippen LogP contribution in [0.25, 0.3) is 11.4 Å². The Morgan fingerprint density at radius 3 is 2.80 bits per heavy atom. The minimum Gasteiger partial charge on any atom is -0.477 e. The summed E-state index contributed by atoms with van der Waals surface area (Å²) in [6.07, 6.45) is 1.62. The lowest BCUT2D eigenvalue weighted by Gasteiger charge is -1.97. The smallest absolute Gasteiger partial charge is 0.352 e. The van der Waals surface area contributed by atoms with Gasteiger partial charge in [-0.15, -0.1) is 0 Å². The van der Waals surface area contributed by atoms with Gasteiger partial charge in [0.15, 0.2) is 0 Å². The number of hydrogen-bond acceptors (Lipinski definition) is 3. The molecule has 2 heterocycles. The van der Waals surface area contributed by atoms with Crippen LogP contribution in [0, 0.1) is 0 Å². The minimum absolute atomic E-state index is 0.0631. The Morgan fingerprint density at radius 1 is 1.47 bits per heavy atom. The van der Waals surface area contributed by atoms with E-state index in [-0.39, 0.29) is 5.69 Å². The number of rotatable bonds is 2. The van der Waals surface area contributed by atoms with Gasteiger partial charge in [-0.3, -0.25) is 4.98 Å². The predicted molar refractivity (Wildman–Crippen MR) is 55.4 cm³/mol. The van der Waals surface area contributed by atoms with Crippen LogP contribution in [0.4, 0.5) is 5.69 Å². The molecule has 5 heteroatoms. The number of nitrogens with two attached hydrogens (primary N) is 1. The number of pyridine rings is 1. The van der Waals surface area contributed by atoms with Crippen molar-refractivity contribution in [2.75, 3.05) is 5.73 Å². The molecule has 0 aliphatic rings. The topological polar surface area (TPSA) is 92.0 Å². The van der Waals surface area contributed by atoms with Crippen LogP contribution >= 0.6 is 0 Å². The van der Waals surface area contributed by atoms with Crippen LogP contribution in [0.2, 0.25) is 0 Å². The maximum Gasteiger partial charge on any atom is 0.352 e. The predicted octanol–water partition coefficient (Wildman–Crippen LogP) is 1.36. The zero-order chi connectivity index (χ0) is 10.8. The van der Waals surface area contributed by atoms with E-state index in [0.29, 0.717) is 17.1 Å². The Kier molecular flexibility index (Phi) is 2.13. The number of carbonyl (C=O) groups is 1. The second kappa shape index (κ2) is 3.45. The molecule has 2 aromatic heterocycles. The summed E-state index contributed by atoms with van der Waals surface area (Å²) < 4.78 is 0. The normalized spacial score (nSPS) is 10.1. The first kappa shape index (κ1) is 9.26. The number of aromatic nitrogens is 2. The molecule has 76 valence electrons. The lowest BCUT2D eigenvalue weighted by molar-refractivity contribution is 0.0691. The number of nitrogens with zero attached hydrogens (tertiary/aromatic N) is 1. The molecule has 2 rings (SSSR count). The Balaban J connectivity index is 2.50. The van der Waals surface area contributed by atoms with Gasteiger partial charge in [0.1, 0.15) is 5.69 Å². The number of carboxylic acid groups (broad SMARTS) is 1. The molecule has 0 saturated heterocycles. The highest BCUT2D eigenvalue weighted by atomic mass is 16.4. The van der Waals surface area contributed by atoms with E-state index in [1.165, 1.54) is 6.07 Å². The van der Waals surface area contributed by atoms with Crippen molar-refractivity contribution in [1.82, 2.24) is 9.97 Å². The Bertz CT molecular complexity index is 491. The van der Waals surface area contributed by atoms with Crippen molar-refractivity contribution in [1.29, 1.82) is 0 Å². The number of nitrogen functional groups attached to an aromatic ring is 1. The van der Waals surface area contributed by atoms with Gasteiger partial charge in [-0.25, -0.2) is 4.79 Å². The van der Waals surface area contributed by atoms with Gasteiger partial charge in [-0.05, 0) is 18.2 Å². The van der Waals surface area contributed by atoms with E-state index in [9.17, 15) is 4.79 Å². The van der Waals surface area contributed by atoms with Gasteiger partial charge in [0.05, 0.1) is 17.1 Å². The van der Waals surface area contributed by atoms with E-state index in [1.807, 2.05) is 6.07 Å². The fourth-order valence-corrected chi connectivity index (χ4v) is 1.31. The van der Waals surface area contributed by atoms with Gasteiger partial charge in [-0.1, -0.05) is 6.07 Å². The van der Waals surface area contributed by atoms with E-state index < -0.39 is 5.97 Å². The van der Waals surface area contributed by atoms with Crippen molar-refractivity contribution in [3.63, 3.8) is 0 Å². The van der Waals surface area contributed by atoms with Crippen LogP contribution in [0.1, 0.15) is 10.5 Å². The van der Waals surface area contributed by atoms with Gasteiger partial charge >= 0.3 is 5.97 Å². The fourth-order valence-electron chi connectivity index (χ4n) is 1.31. The van der Waals surface area contributed by atoms with Crippen molar-refractivity contribution < 1.29 is 9.90 Å². The quantitative estimate of drug-likeness (QED) is 0.687. The molecule has 0 bridgehead atoms. The molecular weight excluding hydrogens is 194 g/mol. The summed E-state index contributed by atoms with van der Waals surface area (Å²) in [7, 11) is 0. The van der Waals surface area contributed by atoms with Crippen molar-refractivity contribution in [2.24, 2.45) is 0 Å². The van der Waals surface area contributed by atoms with Crippen molar-refractivity contribution in [2.45, 2.75) is 0 Å². The Hall–Kier alpha value is -2.30. The summed E-state index contributed by atoms with van der Waals surface area (Å²) >= 11 is 0. The molecule has 15 heavy (non-hydrogen) atoms. The zero-order valence-corrected chi connectivity index (χ0v) is 7.77. The monoisotopic (exact) mass is 203 g/mol. The number of anilines is 1. The highest BCUT2D eigenvalue weighted by molar-refractivity contribution is 5.90. The third-order valence-electron chi connectivity index (χ3n) is 2.00. The van der Waals surface area contributed by atoms with Gasteiger partial charge in [0.25, 0.3) is 0 Å². The molecule has 0 unspecified atom stereocenters. The SMILES string of the molecule is Nc1cc(C(=O)O)[nH]c1-c1ccccn1. The largest absolute Gasteiger partial charge is 0.477 e. The molecule has 0 aromatic carbocycles. The molecule has 0 amide bonds. The fraction of sp³-hybridized carbons (Fsp3) is 0. The third-order valence-corrected chi connectivity index (χ3v) is 2.00. The highest BCUT2D eigenvalue weighted by Crippen LogP contribution is 2.23. The number of aromatic carboxylic acids is 1. The van der Waals surface area contributed by atoms with Gasteiger partial charge in [0.2, 0.25) is 0 Å². The van der Waals surface area contributed by atoms with E-state index in [0.717, 1.165) is 0 Å². The number of hydrogen-bond donors (Lipinski definition) is 3. The molecule has 0 fully saturated rings.